The largest absolute Gasteiger partial charge is 0.482 e. The summed E-state index contributed by atoms with van der Waals surface area (Å²) >= 11 is 5.92. The summed E-state index contributed by atoms with van der Waals surface area (Å²) in [5, 5.41) is 3.34. The van der Waals surface area contributed by atoms with E-state index in [9.17, 15) is 14.4 Å². The van der Waals surface area contributed by atoms with Gasteiger partial charge in [0, 0.05) is 17.1 Å². The molecule has 0 fully saturated rings. The van der Waals surface area contributed by atoms with Crippen LogP contribution in [-0.4, -0.2) is 31.5 Å². The smallest absolute Gasteiger partial charge is 0.306 e. The molecular formula is C20H19ClN2O5. The first-order chi connectivity index (χ1) is 13.5. The third kappa shape index (κ3) is 4.80. The van der Waals surface area contributed by atoms with E-state index in [0.29, 0.717) is 28.7 Å². The number of nitrogens with zero attached hydrogens (tertiary/aromatic N) is 1. The molecule has 7 nitrogen and oxygen atoms in total. The highest BCUT2D eigenvalue weighted by molar-refractivity contribution is 6.30. The number of hydrogen-bond donors (Lipinski definition) is 1. The number of methoxy groups -OCH3 is 1. The van der Waals surface area contributed by atoms with Gasteiger partial charge in [0.15, 0.2) is 6.61 Å². The van der Waals surface area contributed by atoms with E-state index in [1.165, 1.54) is 7.11 Å². The van der Waals surface area contributed by atoms with E-state index in [-0.39, 0.29) is 31.3 Å². The summed E-state index contributed by atoms with van der Waals surface area (Å²) in [5.41, 5.74) is 1.99. The van der Waals surface area contributed by atoms with Crippen molar-refractivity contribution in [2.45, 2.75) is 19.4 Å². The van der Waals surface area contributed by atoms with Crippen LogP contribution in [0.25, 0.3) is 0 Å². The number of nitrogens with one attached hydrogen (secondary N) is 1. The molecule has 0 radical (unpaired) electrons. The average Bonchev–Trinajstić information content (AvgIpc) is 2.70. The molecule has 0 saturated heterocycles. The zero-order valence-corrected chi connectivity index (χ0v) is 16.0. The number of esters is 1. The molecule has 2 amide bonds. The van der Waals surface area contributed by atoms with Crippen LogP contribution in [0.2, 0.25) is 5.02 Å². The van der Waals surface area contributed by atoms with Gasteiger partial charge in [0.05, 0.1) is 25.8 Å². The van der Waals surface area contributed by atoms with Crippen LogP contribution < -0.4 is 15.0 Å². The van der Waals surface area contributed by atoms with Crippen molar-refractivity contribution >= 4 is 40.8 Å². The highest BCUT2D eigenvalue weighted by Gasteiger charge is 2.26. The normalized spacial score (nSPS) is 12.8. The number of carbonyl (C=O) groups is 3. The average molecular weight is 403 g/mol. The highest BCUT2D eigenvalue weighted by atomic mass is 35.5. The van der Waals surface area contributed by atoms with Crippen LogP contribution in [0.15, 0.2) is 42.5 Å². The molecule has 0 saturated carbocycles. The van der Waals surface area contributed by atoms with Crippen molar-refractivity contribution in [1.29, 1.82) is 0 Å². The van der Waals surface area contributed by atoms with Crippen molar-refractivity contribution in [3.05, 3.63) is 53.1 Å². The van der Waals surface area contributed by atoms with E-state index in [1.807, 2.05) is 12.1 Å². The number of ether oxygens (including phenoxy) is 2. The van der Waals surface area contributed by atoms with Gasteiger partial charge in [-0.25, -0.2) is 0 Å². The second-order valence-corrected chi connectivity index (χ2v) is 6.64. The Kier molecular flexibility index (Phi) is 6.16. The van der Waals surface area contributed by atoms with Crippen molar-refractivity contribution in [3.8, 4) is 5.75 Å². The Hall–Kier alpha value is -3.06. The number of benzene rings is 2. The number of halogens is 1. The second kappa shape index (κ2) is 8.75. The molecule has 1 heterocycles. The van der Waals surface area contributed by atoms with Gasteiger partial charge < -0.3 is 19.7 Å². The predicted molar refractivity (Wildman–Crippen MR) is 104 cm³/mol. The third-order valence-electron chi connectivity index (χ3n) is 4.22. The monoisotopic (exact) mass is 402 g/mol. The molecule has 1 N–H and O–H groups in total. The Morgan fingerprint density at radius 1 is 1.18 bits per heavy atom. The van der Waals surface area contributed by atoms with Gasteiger partial charge in [0.2, 0.25) is 5.91 Å². The molecule has 0 aliphatic carbocycles. The van der Waals surface area contributed by atoms with Crippen molar-refractivity contribution in [1.82, 2.24) is 0 Å². The fourth-order valence-corrected chi connectivity index (χ4v) is 2.89. The molecule has 0 spiro atoms. The first-order valence-electron chi connectivity index (χ1n) is 8.64. The molecule has 2 aromatic carbocycles. The Bertz CT molecular complexity index is 898. The Morgan fingerprint density at radius 3 is 2.64 bits per heavy atom. The van der Waals surface area contributed by atoms with Gasteiger partial charge in [-0.2, -0.15) is 0 Å². The van der Waals surface area contributed by atoms with Crippen molar-refractivity contribution in [2.24, 2.45) is 0 Å². The standard InChI is InChI=1S/C20H19ClN2O5/c1-27-20(26)9-8-18(24)22-15-6-7-17-16(10-15)23(19(25)12-28-17)11-13-2-4-14(21)5-3-13/h2-7,10H,8-9,11-12H2,1H3,(H,22,24). The maximum absolute atomic E-state index is 12.4. The van der Waals surface area contributed by atoms with Crippen LogP contribution in [0.3, 0.4) is 0 Å². The second-order valence-electron chi connectivity index (χ2n) is 6.20. The number of carbonyl (C=O) groups excluding carboxylic acids is 3. The van der Waals surface area contributed by atoms with Crippen LogP contribution in [0.5, 0.6) is 5.75 Å². The van der Waals surface area contributed by atoms with E-state index in [1.54, 1.807) is 35.2 Å². The quantitative estimate of drug-likeness (QED) is 0.750. The van der Waals surface area contributed by atoms with Crippen LogP contribution in [0.4, 0.5) is 11.4 Å². The Labute approximate surface area is 167 Å². The topological polar surface area (TPSA) is 84.9 Å². The summed E-state index contributed by atoms with van der Waals surface area (Å²) in [6.07, 6.45) is 0.00520. The molecule has 3 rings (SSSR count). The molecule has 1 aliphatic rings. The van der Waals surface area contributed by atoms with Gasteiger partial charge in [-0.05, 0) is 35.9 Å². The van der Waals surface area contributed by atoms with Crippen molar-refractivity contribution < 1.29 is 23.9 Å². The van der Waals surface area contributed by atoms with Gasteiger partial charge in [-0.1, -0.05) is 23.7 Å². The number of fused-ring (bicyclic) bond motifs is 1. The summed E-state index contributed by atoms with van der Waals surface area (Å²) in [7, 11) is 1.27. The molecule has 0 unspecified atom stereocenters. The number of rotatable bonds is 6. The summed E-state index contributed by atoms with van der Waals surface area (Å²) in [6.45, 7) is 0.303. The zero-order valence-electron chi connectivity index (χ0n) is 15.2. The first kappa shape index (κ1) is 19.7. The molecule has 28 heavy (non-hydrogen) atoms. The SMILES string of the molecule is COC(=O)CCC(=O)Nc1ccc2c(c1)N(Cc1ccc(Cl)cc1)C(=O)CO2. The predicted octanol–water partition coefficient (Wildman–Crippen LogP) is 3.16. The van der Waals surface area contributed by atoms with Gasteiger partial charge in [0.25, 0.3) is 5.91 Å². The summed E-state index contributed by atoms with van der Waals surface area (Å²) in [4.78, 5) is 37.2. The molecule has 0 bridgehead atoms. The fraction of sp³-hybridized carbons (Fsp3) is 0.250. The molecule has 2 aromatic rings. The molecular weight excluding hydrogens is 384 g/mol. The lowest BCUT2D eigenvalue weighted by Crippen LogP contribution is -2.38. The van der Waals surface area contributed by atoms with E-state index >= 15 is 0 Å². The summed E-state index contributed by atoms with van der Waals surface area (Å²) < 4.78 is 10.0. The lowest BCUT2D eigenvalue weighted by atomic mass is 10.1. The minimum absolute atomic E-state index is 0.00242. The summed E-state index contributed by atoms with van der Waals surface area (Å²) in [5.74, 6) is -0.399. The van der Waals surface area contributed by atoms with Gasteiger partial charge in [-0.3, -0.25) is 14.4 Å². The molecule has 0 aromatic heterocycles. The molecule has 1 aliphatic heterocycles. The van der Waals surface area contributed by atoms with Crippen LogP contribution in [0.1, 0.15) is 18.4 Å². The minimum atomic E-state index is -0.450. The zero-order chi connectivity index (χ0) is 20.1. The maximum Gasteiger partial charge on any atom is 0.306 e. The number of hydrogen-bond acceptors (Lipinski definition) is 5. The van der Waals surface area contributed by atoms with E-state index in [4.69, 9.17) is 16.3 Å². The van der Waals surface area contributed by atoms with E-state index in [0.717, 1.165) is 5.56 Å². The van der Waals surface area contributed by atoms with Crippen LogP contribution in [-0.2, 0) is 25.7 Å². The fourth-order valence-electron chi connectivity index (χ4n) is 2.77. The summed E-state index contributed by atoms with van der Waals surface area (Å²) in [6, 6.07) is 12.3. The Balaban J connectivity index is 1.76. The van der Waals surface area contributed by atoms with E-state index < -0.39 is 5.97 Å². The van der Waals surface area contributed by atoms with Crippen molar-refractivity contribution in [2.75, 3.05) is 23.9 Å². The molecule has 0 atom stereocenters. The lowest BCUT2D eigenvalue weighted by Gasteiger charge is -2.30. The number of amides is 2. The molecule has 8 heteroatoms. The Morgan fingerprint density at radius 2 is 1.93 bits per heavy atom. The molecule has 146 valence electrons. The van der Waals surface area contributed by atoms with Crippen LogP contribution in [0, 0.1) is 0 Å². The highest BCUT2D eigenvalue weighted by Crippen LogP contribution is 2.35. The lowest BCUT2D eigenvalue weighted by molar-refractivity contribution is -0.141. The van der Waals surface area contributed by atoms with Crippen molar-refractivity contribution in [3.63, 3.8) is 0 Å². The van der Waals surface area contributed by atoms with Gasteiger partial charge in [0.1, 0.15) is 5.75 Å². The van der Waals surface area contributed by atoms with Gasteiger partial charge in [-0.15, -0.1) is 0 Å². The third-order valence-corrected chi connectivity index (χ3v) is 4.48. The first-order valence-corrected chi connectivity index (χ1v) is 9.02. The van der Waals surface area contributed by atoms with Gasteiger partial charge >= 0.3 is 5.97 Å². The minimum Gasteiger partial charge on any atom is -0.482 e. The van der Waals surface area contributed by atoms with Crippen LogP contribution >= 0.6 is 11.6 Å². The van der Waals surface area contributed by atoms with E-state index in [2.05, 4.69) is 10.1 Å². The number of anilines is 2. The maximum atomic E-state index is 12.4.